The van der Waals surface area contributed by atoms with E-state index in [4.69, 9.17) is 10.5 Å². The standard InChI is InChI=1S/C17H28N2O2/c1-11(2)8-9-19-17(20)14(5)21-16-7-6-12(3)10-15(16)13(4)18/h6-7,10-11,13-14H,8-9,18H2,1-5H3,(H,19,20)/t13-,14?/m0/s1. The van der Waals surface area contributed by atoms with E-state index >= 15 is 0 Å². The van der Waals surface area contributed by atoms with Gasteiger partial charge in [0.2, 0.25) is 0 Å². The number of benzene rings is 1. The van der Waals surface area contributed by atoms with Crippen LogP contribution in [0.25, 0.3) is 0 Å². The summed E-state index contributed by atoms with van der Waals surface area (Å²) in [6.45, 7) is 10.6. The highest BCUT2D eigenvalue weighted by Crippen LogP contribution is 2.26. The normalized spacial score (nSPS) is 13.9. The average Bonchev–Trinajstić information content (AvgIpc) is 2.39. The van der Waals surface area contributed by atoms with Crippen molar-refractivity contribution in [3.8, 4) is 5.75 Å². The lowest BCUT2D eigenvalue weighted by molar-refractivity contribution is -0.127. The number of ether oxygens (including phenoxy) is 1. The summed E-state index contributed by atoms with van der Waals surface area (Å²) in [5.41, 5.74) is 8.02. The lowest BCUT2D eigenvalue weighted by atomic mass is 10.1. The van der Waals surface area contributed by atoms with Gasteiger partial charge in [-0.3, -0.25) is 4.79 Å². The van der Waals surface area contributed by atoms with E-state index < -0.39 is 6.10 Å². The number of aryl methyl sites for hydroxylation is 1. The predicted octanol–water partition coefficient (Wildman–Crippen LogP) is 2.94. The molecule has 0 aliphatic carbocycles. The van der Waals surface area contributed by atoms with Gasteiger partial charge in [0, 0.05) is 18.2 Å². The molecule has 0 fully saturated rings. The molecule has 0 saturated carbocycles. The summed E-state index contributed by atoms with van der Waals surface area (Å²) in [4.78, 5) is 12.0. The topological polar surface area (TPSA) is 64.3 Å². The Morgan fingerprint density at radius 3 is 2.52 bits per heavy atom. The maximum Gasteiger partial charge on any atom is 0.260 e. The molecule has 1 amide bonds. The van der Waals surface area contributed by atoms with Crippen molar-refractivity contribution in [1.29, 1.82) is 0 Å². The highest BCUT2D eigenvalue weighted by atomic mass is 16.5. The molecule has 21 heavy (non-hydrogen) atoms. The summed E-state index contributed by atoms with van der Waals surface area (Å²) in [7, 11) is 0. The first-order valence-electron chi connectivity index (χ1n) is 7.61. The molecule has 1 unspecified atom stereocenters. The summed E-state index contributed by atoms with van der Waals surface area (Å²) in [5, 5.41) is 2.90. The van der Waals surface area contributed by atoms with Crippen LogP contribution in [-0.4, -0.2) is 18.6 Å². The first-order valence-corrected chi connectivity index (χ1v) is 7.61. The maximum absolute atomic E-state index is 12.0. The van der Waals surface area contributed by atoms with E-state index in [1.54, 1.807) is 6.92 Å². The number of amides is 1. The zero-order valence-corrected chi connectivity index (χ0v) is 13.8. The minimum atomic E-state index is -0.530. The highest BCUT2D eigenvalue weighted by molar-refractivity contribution is 5.80. The molecule has 0 bridgehead atoms. The van der Waals surface area contributed by atoms with Gasteiger partial charge in [-0.15, -0.1) is 0 Å². The molecule has 0 spiro atoms. The number of hydrogen-bond donors (Lipinski definition) is 2. The number of carbonyl (C=O) groups excluding carboxylic acids is 1. The Kier molecular flexibility index (Phi) is 6.69. The fourth-order valence-electron chi connectivity index (χ4n) is 2.00. The molecule has 1 aromatic carbocycles. The van der Waals surface area contributed by atoms with E-state index in [0.29, 0.717) is 18.2 Å². The molecule has 0 aromatic heterocycles. The molecule has 0 heterocycles. The van der Waals surface area contributed by atoms with Crippen molar-refractivity contribution in [2.45, 2.75) is 53.2 Å². The zero-order valence-electron chi connectivity index (χ0n) is 13.8. The van der Waals surface area contributed by atoms with Gasteiger partial charge in [0.15, 0.2) is 6.10 Å². The number of rotatable bonds is 7. The van der Waals surface area contributed by atoms with Crippen molar-refractivity contribution < 1.29 is 9.53 Å². The predicted molar refractivity (Wildman–Crippen MR) is 86.3 cm³/mol. The van der Waals surface area contributed by atoms with Crippen LogP contribution < -0.4 is 15.8 Å². The third-order valence-electron chi connectivity index (χ3n) is 3.35. The van der Waals surface area contributed by atoms with Crippen LogP contribution in [0.2, 0.25) is 0 Å². The Morgan fingerprint density at radius 2 is 1.95 bits per heavy atom. The smallest absolute Gasteiger partial charge is 0.260 e. The van der Waals surface area contributed by atoms with Crippen molar-refractivity contribution >= 4 is 5.91 Å². The van der Waals surface area contributed by atoms with Gasteiger partial charge < -0.3 is 15.8 Å². The molecular weight excluding hydrogens is 264 g/mol. The van der Waals surface area contributed by atoms with Crippen LogP contribution in [0.15, 0.2) is 18.2 Å². The average molecular weight is 292 g/mol. The third-order valence-corrected chi connectivity index (χ3v) is 3.35. The van der Waals surface area contributed by atoms with Gasteiger partial charge in [-0.05, 0) is 39.2 Å². The fourth-order valence-corrected chi connectivity index (χ4v) is 2.00. The molecule has 1 aromatic rings. The summed E-state index contributed by atoms with van der Waals surface area (Å²) in [5.74, 6) is 1.16. The fraction of sp³-hybridized carbons (Fsp3) is 0.588. The Balaban J connectivity index is 2.65. The van der Waals surface area contributed by atoms with Crippen molar-refractivity contribution in [3.63, 3.8) is 0 Å². The van der Waals surface area contributed by atoms with Crippen LogP contribution in [0, 0.1) is 12.8 Å². The van der Waals surface area contributed by atoms with Crippen molar-refractivity contribution in [1.82, 2.24) is 5.32 Å². The quantitative estimate of drug-likeness (QED) is 0.812. The minimum absolute atomic E-state index is 0.0909. The zero-order chi connectivity index (χ0) is 16.0. The van der Waals surface area contributed by atoms with E-state index in [1.807, 2.05) is 32.0 Å². The van der Waals surface area contributed by atoms with Gasteiger partial charge in [-0.1, -0.05) is 31.5 Å². The number of nitrogens with one attached hydrogen (secondary N) is 1. The van der Waals surface area contributed by atoms with Gasteiger partial charge in [0.1, 0.15) is 5.75 Å². The third kappa shape index (κ3) is 5.76. The van der Waals surface area contributed by atoms with E-state index in [9.17, 15) is 4.79 Å². The Bertz CT molecular complexity index is 470. The Hall–Kier alpha value is -1.55. The van der Waals surface area contributed by atoms with Gasteiger partial charge in [0.05, 0.1) is 0 Å². The summed E-state index contributed by atoms with van der Waals surface area (Å²) in [6.07, 6.45) is 0.436. The molecule has 0 saturated heterocycles. The van der Waals surface area contributed by atoms with Gasteiger partial charge in [0.25, 0.3) is 5.91 Å². The van der Waals surface area contributed by atoms with Crippen molar-refractivity contribution in [3.05, 3.63) is 29.3 Å². The second kappa shape index (κ2) is 8.03. The Labute approximate surface area is 128 Å². The minimum Gasteiger partial charge on any atom is -0.481 e. The van der Waals surface area contributed by atoms with Crippen LogP contribution in [0.4, 0.5) is 0 Å². The van der Waals surface area contributed by atoms with Crippen LogP contribution in [0.1, 0.15) is 51.3 Å². The molecule has 0 aliphatic heterocycles. The summed E-state index contributed by atoms with van der Waals surface area (Å²) in [6, 6.07) is 5.72. The number of hydrogen-bond acceptors (Lipinski definition) is 3. The van der Waals surface area contributed by atoms with Crippen molar-refractivity contribution in [2.75, 3.05) is 6.54 Å². The molecule has 0 aliphatic rings. The summed E-state index contributed by atoms with van der Waals surface area (Å²) < 4.78 is 5.79. The van der Waals surface area contributed by atoms with Crippen molar-refractivity contribution in [2.24, 2.45) is 11.7 Å². The van der Waals surface area contributed by atoms with Crippen LogP contribution >= 0.6 is 0 Å². The molecule has 2 atom stereocenters. The van der Waals surface area contributed by atoms with E-state index in [2.05, 4.69) is 19.2 Å². The molecule has 3 N–H and O–H groups in total. The maximum atomic E-state index is 12.0. The largest absolute Gasteiger partial charge is 0.481 e. The first-order chi connectivity index (χ1) is 9.81. The molecule has 4 heteroatoms. The monoisotopic (exact) mass is 292 g/mol. The molecule has 4 nitrogen and oxygen atoms in total. The van der Waals surface area contributed by atoms with E-state index in [0.717, 1.165) is 17.5 Å². The second-order valence-corrected chi connectivity index (χ2v) is 6.06. The number of nitrogens with two attached hydrogens (primary N) is 1. The molecule has 0 radical (unpaired) electrons. The highest BCUT2D eigenvalue weighted by Gasteiger charge is 2.17. The van der Waals surface area contributed by atoms with Crippen LogP contribution in [-0.2, 0) is 4.79 Å². The first kappa shape index (κ1) is 17.5. The van der Waals surface area contributed by atoms with Gasteiger partial charge in [-0.25, -0.2) is 0 Å². The lowest BCUT2D eigenvalue weighted by Crippen LogP contribution is -2.37. The van der Waals surface area contributed by atoms with E-state index in [1.165, 1.54) is 0 Å². The molecular formula is C17H28N2O2. The lowest BCUT2D eigenvalue weighted by Gasteiger charge is -2.19. The second-order valence-electron chi connectivity index (χ2n) is 6.06. The Morgan fingerprint density at radius 1 is 1.29 bits per heavy atom. The van der Waals surface area contributed by atoms with Gasteiger partial charge >= 0.3 is 0 Å². The van der Waals surface area contributed by atoms with Crippen LogP contribution in [0.3, 0.4) is 0 Å². The molecule has 118 valence electrons. The molecule has 1 rings (SSSR count). The van der Waals surface area contributed by atoms with E-state index in [-0.39, 0.29) is 11.9 Å². The number of carbonyl (C=O) groups is 1. The van der Waals surface area contributed by atoms with Gasteiger partial charge in [-0.2, -0.15) is 0 Å². The van der Waals surface area contributed by atoms with Crippen LogP contribution in [0.5, 0.6) is 5.75 Å². The summed E-state index contributed by atoms with van der Waals surface area (Å²) >= 11 is 0. The SMILES string of the molecule is Cc1ccc(OC(C)C(=O)NCCC(C)C)c([C@H](C)N)c1.